The molecule has 0 saturated heterocycles. The summed E-state index contributed by atoms with van der Waals surface area (Å²) in [5, 5.41) is 10.8. The minimum atomic E-state index is -0.898. The predicted octanol–water partition coefficient (Wildman–Crippen LogP) is 2.11. The van der Waals surface area contributed by atoms with Crippen LogP contribution in [0.4, 0.5) is 10.1 Å². The van der Waals surface area contributed by atoms with E-state index >= 15 is 0 Å². The van der Waals surface area contributed by atoms with Crippen molar-refractivity contribution in [2.75, 3.05) is 6.61 Å². The second-order valence-electron chi connectivity index (χ2n) is 3.58. The Morgan fingerprint density at radius 3 is 2.74 bits per heavy atom. The van der Waals surface area contributed by atoms with Crippen LogP contribution in [0.25, 0.3) is 0 Å². The minimum Gasteiger partial charge on any atom is -0.466 e. The molecule has 8 heteroatoms. The van der Waals surface area contributed by atoms with Crippen LogP contribution in [-0.2, 0) is 9.53 Å². The smallest absolute Gasteiger partial charge is 0.307 e. The van der Waals surface area contributed by atoms with Crippen LogP contribution in [-0.4, -0.2) is 17.5 Å². The van der Waals surface area contributed by atoms with E-state index in [2.05, 4.69) is 0 Å². The summed E-state index contributed by atoms with van der Waals surface area (Å²) in [7, 11) is 0. The fourth-order valence-corrected chi connectivity index (χ4v) is 1.50. The molecular formula is C11H14ClFN2O4. The first kappa shape index (κ1) is 17.3. The number of hydrogen-bond donors (Lipinski definition) is 1. The Balaban J connectivity index is 0.00000324. The molecule has 1 rings (SSSR count). The van der Waals surface area contributed by atoms with Gasteiger partial charge in [0.1, 0.15) is 5.82 Å². The van der Waals surface area contributed by atoms with Crippen molar-refractivity contribution in [2.24, 2.45) is 5.73 Å². The summed E-state index contributed by atoms with van der Waals surface area (Å²) in [6.07, 6.45) is -0.194. The molecule has 0 saturated carbocycles. The fourth-order valence-electron chi connectivity index (χ4n) is 1.50. The van der Waals surface area contributed by atoms with Crippen molar-refractivity contribution >= 4 is 24.1 Å². The third kappa shape index (κ3) is 4.80. The maximum absolute atomic E-state index is 12.9. The van der Waals surface area contributed by atoms with Gasteiger partial charge in [-0.2, -0.15) is 0 Å². The molecule has 0 bridgehead atoms. The second kappa shape index (κ2) is 7.65. The van der Waals surface area contributed by atoms with Gasteiger partial charge in [-0.05, 0) is 19.1 Å². The molecule has 0 aliphatic rings. The van der Waals surface area contributed by atoms with Gasteiger partial charge >= 0.3 is 5.97 Å². The third-order valence-electron chi connectivity index (χ3n) is 2.28. The van der Waals surface area contributed by atoms with E-state index in [0.29, 0.717) is 0 Å². The number of ether oxygens (including phenoxy) is 1. The monoisotopic (exact) mass is 292 g/mol. The van der Waals surface area contributed by atoms with Crippen LogP contribution < -0.4 is 5.73 Å². The van der Waals surface area contributed by atoms with Crippen LogP contribution in [0, 0.1) is 15.9 Å². The van der Waals surface area contributed by atoms with Gasteiger partial charge in [0, 0.05) is 11.6 Å². The highest BCUT2D eigenvalue weighted by molar-refractivity contribution is 5.85. The maximum atomic E-state index is 12.9. The molecule has 1 atom stereocenters. The number of nitro benzene ring substituents is 1. The molecule has 0 unspecified atom stereocenters. The van der Waals surface area contributed by atoms with E-state index in [9.17, 15) is 19.3 Å². The summed E-state index contributed by atoms with van der Waals surface area (Å²) in [6.45, 7) is 1.85. The van der Waals surface area contributed by atoms with Crippen molar-refractivity contribution in [2.45, 2.75) is 19.4 Å². The lowest BCUT2D eigenvalue weighted by molar-refractivity contribution is -0.385. The summed E-state index contributed by atoms with van der Waals surface area (Å²) >= 11 is 0. The summed E-state index contributed by atoms with van der Waals surface area (Å²) in [5.41, 5.74) is 5.35. The van der Waals surface area contributed by atoms with Crippen LogP contribution >= 0.6 is 12.4 Å². The normalized spacial score (nSPS) is 11.3. The average Bonchev–Trinajstić information content (AvgIpc) is 2.28. The van der Waals surface area contributed by atoms with E-state index in [1.165, 1.54) is 6.07 Å². The molecular weight excluding hydrogens is 279 g/mol. The first-order chi connectivity index (χ1) is 8.45. The first-order valence-corrected chi connectivity index (χ1v) is 5.30. The molecule has 106 valence electrons. The van der Waals surface area contributed by atoms with Gasteiger partial charge in [0.05, 0.1) is 24.0 Å². The van der Waals surface area contributed by atoms with Crippen LogP contribution in [0.1, 0.15) is 24.9 Å². The zero-order valence-electron chi connectivity index (χ0n) is 10.2. The molecule has 0 aliphatic carbocycles. The number of benzene rings is 1. The Morgan fingerprint density at radius 2 is 2.21 bits per heavy atom. The number of esters is 1. The van der Waals surface area contributed by atoms with Crippen molar-refractivity contribution < 1.29 is 18.8 Å². The SMILES string of the molecule is CCOC(=O)C[C@@H](N)c1ccc(F)cc1[N+](=O)[O-].Cl. The van der Waals surface area contributed by atoms with Gasteiger partial charge < -0.3 is 10.5 Å². The van der Waals surface area contributed by atoms with Crippen LogP contribution in [0.15, 0.2) is 18.2 Å². The highest BCUT2D eigenvalue weighted by Gasteiger charge is 2.22. The predicted molar refractivity (Wildman–Crippen MR) is 68.5 cm³/mol. The molecule has 6 nitrogen and oxygen atoms in total. The van der Waals surface area contributed by atoms with E-state index in [1.54, 1.807) is 6.92 Å². The Labute approximate surface area is 115 Å². The maximum Gasteiger partial charge on any atom is 0.307 e. The number of rotatable bonds is 5. The zero-order chi connectivity index (χ0) is 13.7. The largest absolute Gasteiger partial charge is 0.466 e. The molecule has 0 heterocycles. The van der Waals surface area contributed by atoms with Crippen molar-refractivity contribution in [3.8, 4) is 0 Å². The number of hydrogen-bond acceptors (Lipinski definition) is 5. The number of nitrogens with two attached hydrogens (primary N) is 1. The van der Waals surface area contributed by atoms with Crippen molar-refractivity contribution in [1.82, 2.24) is 0 Å². The van der Waals surface area contributed by atoms with Gasteiger partial charge in [0.2, 0.25) is 0 Å². The van der Waals surface area contributed by atoms with Gasteiger partial charge in [0.15, 0.2) is 0 Å². The van der Waals surface area contributed by atoms with Gasteiger partial charge in [-0.15, -0.1) is 12.4 Å². The van der Waals surface area contributed by atoms with Crippen molar-refractivity contribution in [3.05, 3.63) is 39.7 Å². The standard InChI is InChI=1S/C11H13FN2O4.ClH/c1-2-18-11(15)6-9(13)8-4-3-7(12)5-10(8)14(16)17;/h3-5,9H,2,6,13H2,1H3;1H/t9-;/m1./s1. The number of nitro groups is 1. The quantitative estimate of drug-likeness (QED) is 0.509. The van der Waals surface area contributed by atoms with Crippen LogP contribution in [0.5, 0.6) is 0 Å². The van der Waals surface area contributed by atoms with Crippen LogP contribution in [0.3, 0.4) is 0 Å². The number of carbonyl (C=O) groups excluding carboxylic acids is 1. The van der Waals surface area contributed by atoms with E-state index in [-0.39, 0.29) is 31.0 Å². The molecule has 0 aliphatic heterocycles. The van der Waals surface area contributed by atoms with Gasteiger partial charge in [0.25, 0.3) is 5.69 Å². The number of halogens is 2. The van der Waals surface area contributed by atoms with Crippen molar-refractivity contribution in [3.63, 3.8) is 0 Å². The lowest BCUT2D eigenvalue weighted by Crippen LogP contribution is -2.18. The summed E-state index contributed by atoms with van der Waals surface area (Å²) in [5.74, 6) is -1.28. The van der Waals surface area contributed by atoms with E-state index in [4.69, 9.17) is 10.5 Å². The molecule has 0 radical (unpaired) electrons. The number of carbonyl (C=O) groups is 1. The molecule has 19 heavy (non-hydrogen) atoms. The Kier molecular flexibility index (Phi) is 6.95. The van der Waals surface area contributed by atoms with Gasteiger partial charge in [-0.25, -0.2) is 4.39 Å². The number of nitrogens with zero attached hydrogens (tertiary/aromatic N) is 1. The average molecular weight is 293 g/mol. The highest BCUT2D eigenvalue weighted by Crippen LogP contribution is 2.26. The van der Waals surface area contributed by atoms with Gasteiger partial charge in [-0.1, -0.05) is 0 Å². The van der Waals surface area contributed by atoms with Gasteiger partial charge in [-0.3, -0.25) is 14.9 Å². The van der Waals surface area contributed by atoms with Crippen molar-refractivity contribution in [1.29, 1.82) is 0 Å². The fraction of sp³-hybridized carbons (Fsp3) is 0.364. The molecule has 1 aromatic carbocycles. The highest BCUT2D eigenvalue weighted by atomic mass is 35.5. The second-order valence-corrected chi connectivity index (χ2v) is 3.58. The van der Waals surface area contributed by atoms with Crippen LogP contribution in [0.2, 0.25) is 0 Å². The summed E-state index contributed by atoms with van der Waals surface area (Å²) in [4.78, 5) is 21.3. The van der Waals surface area contributed by atoms with E-state index in [0.717, 1.165) is 12.1 Å². The zero-order valence-corrected chi connectivity index (χ0v) is 11.0. The Bertz CT molecular complexity index is 470. The topological polar surface area (TPSA) is 95.5 Å². The molecule has 0 spiro atoms. The summed E-state index contributed by atoms with van der Waals surface area (Å²) < 4.78 is 17.6. The van der Waals surface area contributed by atoms with E-state index in [1.807, 2.05) is 0 Å². The van der Waals surface area contributed by atoms with E-state index < -0.39 is 28.4 Å². The Hall–Kier alpha value is -1.73. The Morgan fingerprint density at radius 1 is 1.58 bits per heavy atom. The lowest BCUT2D eigenvalue weighted by Gasteiger charge is -2.11. The molecule has 2 N–H and O–H groups in total. The molecule has 0 amide bonds. The first-order valence-electron chi connectivity index (χ1n) is 5.30. The molecule has 0 fully saturated rings. The molecule has 0 aromatic heterocycles. The lowest BCUT2D eigenvalue weighted by atomic mass is 10.0. The third-order valence-corrected chi connectivity index (χ3v) is 2.28. The molecule has 1 aromatic rings. The minimum absolute atomic E-state index is 0. The summed E-state index contributed by atoms with van der Waals surface area (Å²) in [6, 6.07) is 2.15.